The van der Waals surface area contributed by atoms with E-state index >= 15 is 0 Å². The van der Waals surface area contributed by atoms with Gasteiger partial charge in [0, 0.05) is 22.9 Å². The molecule has 1 amide bonds. The fourth-order valence-electron chi connectivity index (χ4n) is 1.84. The smallest absolute Gasteiger partial charge is 0.267 e. The van der Waals surface area contributed by atoms with Crippen molar-refractivity contribution in [1.29, 1.82) is 0 Å². The Labute approximate surface area is 126 Å². The van der Waals surface area contributed by atoms with Gasteiger partial charge in [-0.05, 0) is 35.9 Å². The zero-order valence-corrected chi connectivity index (χ0v) is 11.7. The highest BCUT2D eigenvalue weighted by molar-refractivity contribution is 6.30. The molecule has 6 heteroatoms. The van der Waals surface area contributed by atoms with Gasteiger partial charge in [0.15, 0.2) is 0 Å². The summed E-state index contributed by atoms with van der Waals surface area (Å²) >= 11 is 5.92. The molecule has 1 aromatic carbocycles. The number of aromatic nitrogens is 1. The Morgan fingerprint density at radius 1 is 1.33 bits per heavy atom. The second-order valence-corrected chi connectivity index (χ2v) is 4.77. The lowest BCUT2D eigenvalue weighted by Crippen LogP contribution is -2.22. The van der Waals surface area contributed by atoms with E-state index in [1.54, 1.807) is 30.5 Å². The number of nitrogens with zero attached hydrogens (tertiary/aromatic N) is 1. The molecule has 0 unspecified atom stereocenters. The highest BCUT2D eigenvalue weighted by atomic mass is 35.5. The Balaban J connectivity index is 2.28. The summed E-state index contributed by atoms with van der Waals surface area (Å²) < 4.78 is 1.52. The van der Waals surface area contributed by atoms with Gasteiger partial charge in [-0.1, -0.05) is 23.7 Å². The van der Waals surface area contributed by atoms with Gasteiger partial charge in [0.05, 0.1) is 6.54 Å². The molecule has 108 valence electrons. The Morgan fingerprint density at radius 3 is 2.86 bits per heavy atom. The van der Waals surface area contributed by atoms with E-state index in [4.69, 9.17) is 16.8 Å². The van der Waals surface area contributed by atoms with Gasteiger partial charge in [0.2, 0.25) is 0 Å². The van der Waals surface area contributed by atoms with Crippen LogP contribution in [0.3, 0.4) is 0 Å². The molecule has 0 aliphatic carbocycles. The molecular formula is C15H13ClN2O3. The quantitative estimate of drug-likeness (QED) is 0.516. The summed E-state index contributed by atoms with van der Waals surface area (Å²) in [6.45, 7) is 0.382. The molecule has 1 heterocycles. The van der Waals surface area contributed by atoms with Crippen molar-refractivity contribution in [2.45, 2.75) is 6.54 Å². The third-order valence-electron chi connectivity index (χ3n) is 2.82. The van der Waals surface area contributed by atoms with Crippen LogP contribution in [-0.4, -0.2) is 15.7 Å². The summed E-state index contributed by atoms with van der Waals surface area (Å²) in [5, 5.41) is 9.02. The fourth-order valence-corrected chi connectivity index (χ4v) is 2.05. The van der Waals surface area contributed by atoms with Crippen LogP contribution >= 0.6 is 11.6 Å². The highest BCUT2D eigenvalue weighted by Crippen LogP contribution is 2.11. The lowest BCUT2D eigenvalue weighted by molar-refractivity contribution is -0.124. The summed E-state index contributed by atoms with van der Waals surface area (Å²) in [6, 6.07) is 10.6. The Kier molecular flexibility index (Phi) is 4.92. The Bertz CT molecular complexity index is 738. The molecule has 21 heavy (non-hydrogen) atoms. The van der Waals surface area contributed by atoms with Crippen molar-refractivity contribution in [3.63, 3.8) is 0 Å². The van der Waals surface area contributed by atoms with E-state index < -0.39 is 5.91 Å². The molecule has 0 aliphatic heterocycles. The van der Waals surface area contributed by atoms with Crippen molar-refractivity contribution in [1.82, 2.24) is 10.0 Å². The van der Waals surface area contributed by atoms with Crippen molar-refractivity contribution in [2.75, 3.05) is 0 Å². The van der Waals surface area contributed by atoms with Crippen LogP contribution in [0.15, 0.2) is 53.5 Å². The molecule has 0 saturated heterocycles. The van der Waals surface area contributed by atoms with E-state index in [9.17, 15) is 9.59 Å². The summed E-state index contributed by atoms with van der Waals surface area (Å²) in [4.78, 5) is 23.2. The van der Waals surface area contributed by atoms with Crippen LogP contribution in [0.25, 0.3) is 6.08 Å². The molecule has 0 spiro atoms. The molecule has 0 fully saturated rings. The second kappa shape index (κ2) is 6.88. The summed E-state index contributed by atoms with van der Waals surface area (Å²) in [6.07, 6.45) is 4.09. The second-order valence-electron chi connectivity index (χ2n) is 4.34. The van der Waals surface area contributed by atoms with Crippen molar-refractivity contribution in [2.24, 2.45) is 0 Å². The maximum absolute atomic E-state index is 12.2. The first kappa shape index (κ1) is 15.0. The normalized spacial score (nSPS) is 10.8. The molecular weight excluding hydrogens is 292 g/mol. The number of benzene rings is 1. The van der Waals surface area contributed by atoms with Gasteiger partial charge < -0.3 is 4.57 Å². The van der Waals surface area contributed by atoms with Crippen molar-refractivity contribution in [3.8, 4) is 0 Å². The van der Waals surface area contributed by atoms with Crippen molar-refractivity contribution >= 4 is 23.6 Å². The number of halogens is 1. The van der Waals surface area contributed by atoms with Crippen molar-refractivity contribution < 1.29 is 10.0 Å². The maximum Gasteiger partial charge on any atom is 0.267 e. The number of hydroxylamine groups is 1. The lowest BCUT2D eigenvalue weighted by Gasteiger charge is -2.07. The van der Waals surface area contributed by atoms with Crippen LogP contribution in [0, 0.1) is 0 Å². The van der Waals surface area contributed by atoms with Gasteiger partial charge in [-0.2, -0.15) is 0 Å². The predicted octanol–water partition coefficient (Wildman–Crippen LogP) is 2.07. The summed E-state index contributed by atoms with van der Waals surface area (Å²) in [5.41, 5.74) is 2.48. The maximum atomic E-state index is 12.2. The first-order chi connectivity index (χ1) is 10.1. The van der Waals surface area contributed by atoms with Crippen LogP contribution < -0.4 is 11.0 Å². The number of carbonyl (C=O) groups is 1. The van der Waals surface area contributed by atoms with Crippen LogP contribution in [0.5, 0.6) is 0 Å². The Hall–Kier alpha value is -2.37. The molecule has 1 aromatic heterocycles. The molecule has 0 saturated carbocycles. The van der Waals surface area contributed by atoms with Crippen LogP contribution in [-0.2, 0) is 11.3 Å². The van der Waals surface area contributed by atoms with E-state index in [2.05, 4.69) is 0 Å². The van der Waals surface area contributed by atoms with Gasteiger partial charge in [0.1, 0.15) is 0 Å². The van der Waals surface area contributed by atoms with Gasteiger partial charge in [-0.25, -0.2) is 5.48 Å². The number of hydrogen-bond acceptors (Lipinski definition) is 3. The third-order valence-corrected chi connectivity index (χ3v) is 3.05. The molecule has 0 radical (unpaired) electrons. The monoisotopic (exact) mass is 304 g/mol. The van der Waals surface area contributed by atoms with Gasteiger partial charge in [-0.15, -0.1) is 0 Å². The van der Waals surface area contributed by atoms with Crippen LogP contribution in [0.1, 0.15) is 11.1 Å². The molecule has 2 N–H and O–H groups in total. The summed E-state index contributed by atoms with van der Waals surface area (Å²) in [7, 11) is 0. The average molecular weight is 305 g/mol. The molecule has 0 atom stereocenters. The van der Waals surface area contributed by atoms with Gasteiger partial charge >= 0.3 is 0 Å². The first-order valence-electron chi connectivity index (χ1n) is 6.16. The fraction of sp³-hybridized carbons (Fsp3) is 0.0667. The molecule has 2 rings (SSSR count). The minimum atomic E-state index is -0.695. The molecule has 5 nitrogen and oxygen atoms in total. The lowest BCUT2D eigenvalue weighted by atomic mass is 10.2. The van der Waals surface area contributed by atoms with E-state index in [1.807, 2.05) is 12.1 Å². The number of carbonyl (C=O) groups excluding carboxylic acids is 1. The number of rotatable bonds is 4. The number of amides is 1. The first-order valence-corrected chi connectivity index (χ1v) is 6.54. The van der Waals surface area contributed by atoms with E-state index in [1.165, 1.54) is 16.1 Å². The van der Waals surface area contributed by atoms with Gasteiger partial charge in [0.25, 0.3) is 11.5 Å². The number of nitrogens with one attached hydrogen (secondary N) is 1. The highest BCUT2D eigenvalue weighted by Gasteiger charge is 2.02. The standard InChI is InChI=1S/C15H13ClN2O3/c16-13-5-1-3-11(9-13)10-18-8-2-4-12(15(18)20)6-7-14(19)17-21/h1-9,21H,10H2,(H,17,19)/b7-6+. The number of pyridine rings is 1. The van der Waals surface area contributed by atoms with E-state index in [-0.39, 0.29) is 5.56 Å². The van der Waals surface area contributed by atoms with E-state index in [0.717, 1.165) is 11.6 Å². The minimum absolute atomic E-state index is 0.237. The predicted molar refractivity (Wildman–Crippen MR) is 80.2 cm³/mol. The van der Waals surface area contributed by atoms with Crippen LogP contribution in [0.4, 0.5) is 0 Å². The molecule has 0 aliphatic rings. The zero-order chi connectivity index (χ0) is 15.2. The van der Waals surface area contributed by atoms with Crippen LogP contribution in [0.2, 0.25) is 5.02 Å². The van der Waals surface area contributed by atoms with Gasteiger partial charge in [-0.3, -0.25) is 14.8 Å². The molecule has 2 aromatic rings. The topological polar surface area (TPSA) is 71.3 Å². The summed E-state index contributed by atoms with van der Waals surface area (Å²) in [5.74, 6) is -0.695. The van der Waals surface area contributed by atoms with Crippen molar-refractivity contribution in [3.05, 3.63) is 75.2 Å². The molecule has 0 bridgehead atoms. The third kappa shape index (κ3) is 4.05. The Morgan fingerprint density at radius 2 is 2.14 bits per heavy atom. The average Bonchev–Trinajstić information content (AvgIpc) is 2.48. The SMILES string of the molecule is O=C(/C=C/c1cccn(Cc2cccc(Cl)c2)c1=O)NO. The zero-order valence-electron chi connectivity index (χ0n) is 11.0. The number of hydrogen-bond donors (Lipinski definition) is 2. The minimum Gasteiger partial charge on any atom is -0.311 e. The largest absolute Gasteiger partial charge is 0.311 e. The van der Waals surface area contributed by atoms with E-state index in [0.29, 0.717) is 17.1 Å².